The zero-order valence-corrected chi connectivity index (χ0v) is 16.8. The van der Waals surface area contributed by atoms with Gasteiger partial charge in [-0.1, -0.05) is 18.2 Å². The average Bonchev–Trinajstić information content (AvgIpc) is 2.92. The molecule has 31 heavy (non-hydrogen) atoms. The minimum Gasteiger partial charge on any atom is -0.490 e. The van der Waals surface area contributed by atoms with Gasteiger partial charge in [-0.25, -0.2) is 0 Å². The van der Waals surface area contributed by atoms with Gasteiger partial charge in [-0.3, -0.25) is 4.79 Å². The molecule has 1 spiro atoms. The van der Waals surface area contributed by atoms with E-state index in [0.717, 1.165) is 41.0 Å². The van der Waals surface area contributed by atoms with Crippen molar-refractivity contribution in [2.24, 2.45) is 5.73 Å². The van der Waals surface area contributed by atoms with Crippen molar-refractivity contribution < 1.29 is 14.3 Å². The Morgan fingerprint density at radius 2 is 1.94 bits per heavy atom. The van der Waals surface area contributed by atoms with Crippen LogP contribution in [0.4, 0.5) is 5.69 Å². The Bertz CT molecular complexity index is 1260. The quantitative estimate of drug-likeness (QED) is 0.690. The number of nitrogens with zero attached hydrogens (tertiary/aromatic N) is 2. The number of hydrogen-bond acceptors (Lipinski definition) is 6. The molecule has 0 saturated carbocycles. The predicted octanol–water partition coefficient (Wildman–Crippen LogP) is 2.64. The molecule has 4 heterocycles. The van der Waals surface area contributed by atoms with Gasteiger partial charge in [-0.15, -0.1) is 0 Å². The van der Waals surface area contributed by atoms with Crippen molar-refractivity contribution in [1.29, 1.82) is 5.26 Å². The topological polar surface area (TPSA) is 101 Å². The number of amides is 1. The zero-order valence-electron chi connectivity index (χ0n) is 16.8. The van der Waals surface area contributed by atoms with E-state index < -0.39 is 5.41 Å². The molecule has 2 aromatic rings. The minimum atomic E-state index is -1.25. The summed E-state index contributed by atoms with van der Waals surface area (Å²) < 4.78 is 11.8. The van der Waals surface area contributed by atoms with Crippen molar-refractivity contribution in [3.05, 3.63) is 70.6 Å². The first-order chi connectivity index (χ1) is 15.1. The molecule has 4 aliphatic heterocycles. The molecule has 6 rings (SSSR count). The van der Waals surface area contributed by atoms with E-state index in [-0.39, 0.29) is 11.5 Å². The lowest BCUT2D eigenvalue weighted by Gasteiger charge is -2.41. The fourth-order valence-electron chi connectivity index (χ4n) is 5.03. The summed E-state index contributed by atoms with van der Waals surface area (Å²) in [5, 5.41) is 13.0. The van der Waals surface area contributed by atoms with Crippen LogP contribution < -0.4 is 20.5 Å². The van der Waals surface area contributed by atoms with Crippen LogP contribution in [0.25, 0.3) is 5.70 Å². The molecule has 1 amide bonds. The molecule has 7 heteroatoms. The molecule has 154 valence electrons. The summed E-state index contributed by atoms with van der Waals surface area (Å²) in [6.07, 6.45) is 3.47. The highest BCUT2D eigenvalue weighted by Gasteiger charge is 2.53. The van der Waals surface area contributed by atoms with Crippen molar-refractivity contribution in [2.75, 3.05) is 25.1 Å². The molecule has 0 fully saturated rings. The molecular formula is C24H20N4O3. The third kappa shape index (κ3) is 2.30. The van der Waals surface area contributed by atoms with E-state index in [2.05, 4.69) is 11.4 Å². The summed E-state index contributed by atoms with van der Waals surface area (Å²) >= 11 is 0. The molecule has 0 aliphatic carbocycles. The van der Waals surface area contributed by atoms with E-state index in [0.29, 0.717) is 37.0 Å². The summed E-state index contributed by atoms with van der Waals surface area (Å²) in [5.41, 5.74) is 9.88. The summed E-state index contributed by atoms with van der Waals surface area (Å²) in [6.45, 7) is 1.84. The van der Waals surface area contributed by atoms with Gasteiger partial charge in [0.2, 0.25) is 5.91 Å². The van der Waals surface area contributed by atoms with Crippen LogP contribution in [-0.4, -0.2) is 30.6 Å². The fourth-order valence-corrected chi connectivity index (χ4v) is 5.03. The summed E-state index contributed by atoms with van der Waals surface area (Å²) in [4.78, 5) is 15.3. The van der Waals surface area contributed by atoms with Crippen molar-refractivity contribution >= 4 is 17.3 Å². The number of carbonyl (C=O) groups is 1. The second-order valence-electron chi connectivity index (χ2n) is 8.12. The largest absolute Gasteiger partial charge is 0.490 e. The van der Waals surface area contributed by atoms with Crippen LogP contribution in [0.2, 0.25) is 0 Å². The van der Waals surface area contributed by atoms with Gasteiger partial charge in [0.05, 0.1) is 18.8 Å². The molecule has 0 aromatic heterocycles. The normalized spacial score (nSPS) is 23.3. The number of rotatable bonds is 0. The number of para-hydroxylation sites is 1. The molecule has 0 unspecified atom stereocenters. The van der Waals surface area contributed by atoms with Crippen LogP contribution in [0, 0.1) is 11.3 Å². The molecule has 0 saturated heterocycles. The van der Waals surface area contributed by atoms with Crippen LogP contribution in [0.3, 0.4) is 0 Å². The number of nitriles is 1. The lowest BCUT2D eigenvalue weighted by Crippen LogP contribution is -2.45. The number of anilines is 1. The number of nitrogens with one attached hydrogen (secondary N) is 1. The second-order valence-corrected chi connectivity index (χ2v) is 8.12. The van der Waals surface area contributed by atoms with Crippen molar-refractivity contribution in [3.63, 3.8) is 0 Å². The average molecular weight is 412 g/mol. The van der Waals surface area contributed by atoms with E-state index in [1.54, 1.807) is 0 Å². The lowest BCUT2D eigenvalue weighted by atomic mass is 9.71. The first-order valence-corrected chi connectivity index (χ1v) is 10.4. The standard InChI is InChI=1S/C24H20N4O3/c25-13-17-22(26)28-7-6-14-10-20-21(31-9-3-8-30-20)11-15(14)19(28)12-24(17)16-4-1-2-5-18(16)27-23(24)29/h1-2,4-5,10-12H,3,6-9,26H2,(H,27,29)/t24-/m0/s1. The maximum absolute atomic E-state index is 13.3. The van der Waals surface area contributed by atoms with Gasteiger partial charge in [0.15, 0.2) is 11.5 Å². The Kier molecular flexibility index (Phi) is 3.63. The maximum atomic E-state index is 13.3. The molecule has 0 radical (unpaired) electrons. The van der Waals surface area contributed by atoms with E-state index in [4.69, 9.17) is 15.2 Å². The van der Waals surface area contributed by atoms with Gasteiger partial charge in [0.25, 0.3) is 0 Å². The third-order valence-corrected chi connectivity index (χ3v) is 6.51. The molecular weight excluding hydrogens is 392 g/mol. The number of carbonyl (C=O) groups excluding carboxylic acids is 1. The maximum Gasteiger partial charge on any atom is 0.244 e. The smallest absolute Gasteiger partial charge is 0.244 e. The van der Waals surface area contributed by atoms with Crippen LogP contribution in [0.15, 0.2) is 53.9 Å². The molecule has 0 bridgehead atoms. The van der Waals surface area contributed by atoms with Crippen molar-refractivity contribution in [1.82, 2.24) is 4.90 Å². The van der Waals surface area contributed by atoms with Gasteiger partial charge < -0.3 is 25.4 Å². The summed E-state index contributed by atoms with van der Waals surface area (Å²) in [5.74, 6) is 1.50. The number of ether oxygens (including phenoxy) is 2. The van der Waals surface area contributed by atoms with E-state index in [1.807, 2.05) is 47.4 Å². The Labute approximate surface area is 179 Å². The first-order valence-electron chi connectivity index (χ1n) is 10.4. The van der Waals surface area contributed by atoms with Gasteiger partial charge in [-0.2, -0.15) is 5.26 Å². The molecule has 7 nitrogen and oxygen atoms in total. The highest BCUT2D eigenvalue weighted by atomic mass is 16.5. The first kappa shape index (κ1) is 17.9. The van der Waals surface area contributed by atoms with Gasteiger partial charge >= 0.3 is 0 Å². The SMILES string of the molecule is N#CC1=C(N)N2CCc3cc4c(cc3C2=C[C@@]12C(=O)Nc1ccccc12)OCCCO4. The third-order valence-electron chi connectivity index (χ3n) is 6.51. The van der Waals surface area contributed by atoms with Crippen molar-refractivity contribution in [2.45, 2.75) is 18.3 Å². The molecule has 4 aliphatic rings. The van der Waals surface area contributed by atoms with Gasteiger partial charge in [0.1, 0.15) is 17.3 Å². The van der Waals surface area contributed by atoms with E-state index >= 15 is 0 Å². The fraction of sp³-hybridized carbons (Fsp3) is 0.250. The molecule has 2 aromatic carbocycles. The van der Waals surface area contributed by atoms with Gasteiger partial charge in [-0.05, 0) is 36.3 Å². The van der Waals surface area contributed by atoms with Gasteiger partial charge in [0, 0.05) is 35.5 Å². The highest BCUT2D eigenvalue weighted by molar-refractivity contribution is 6.12. The van der Waals surface area contributed by atoms with E-state index in [1.165, 1.54) is 0 Å². The molecule has 1 atom stereocenters. The Morgan fingerprint density at radius 1 is 1.16 bits per heavy atom. The Balaban J connectivity index is 1.61. The number of fused-ring (bicyclic) bond motifs is 6. The van der Waals surface area contributed by atoms with Crippen LogP contribution in [-0.2, 0) is 16.6 Å². The number of hydrogen-bond donors (Lipinski definition) is 2. The highest BCUT2D eigenvalue weighted by Crippen LogP contribution is 2.51. The monoisotopic (exact) mass is 412 g/mol. The number of benzene rings is 2. The van der Waals surface area contributed by atoms with E-state index in [9.17, 15) is 10.1 Å². The van der Waals surface area contributed by atoms with Crippen LogP contribution in [0.1, 0.15) is 23.1 Å². The Hall–Kier alpha value is -3.92. The van der Waals surface area contributed by atoms with Crippen LogP contribution in [0.5, 0.6) is 11.5 Å². The number of nitrogens with two attached hydrogens (primary N) is 1. The minimum absolute atomic E-state index is 0.261. The predicted molar refractivity (Wildman–Crippen MR) is 114 cm³/mol. The summed E-state index contributed by atoms with van der Waals surface area (Å²) in [6, 6.07) is 13.7. The second kappa shape index (κ2) is 6.29. The lowest BCUT2D eigenvalue weighted by molar-refractivity contribution is -0.118. The zero-order chi connectivity index (χ0) is 21.2. The van der Waals surface area contributed by atoms with Crippen LogP contribution >= 0.6 is 0 Å². The molecule has 3 N–H and O–H groups in total. The Morgan fingerprint density at radius 3 is 2.74 bits per heavy atom. The summed E-state index contributed by atoms with van der Waals surface area (Å²) in [7, 11) is 0. The van der Waals surface area contributed by atoms with Crippen molar-refractivity contribution in [3.8, 4) is 17.6 Å².